The zero-order valence-electron chi connectivity index (χ0n) is 7.31. The molecule has 74 valence electrons. The fourth-order valence-electron chi connectivity index (χ4n) is 1.24. The van der Waals surface area contributed by atoms with E-state index in [0.29, 0.717) is 24.7 Å². The maximum atomic E-state index is 11.0. The summed E-state index contributed by atoms with van der Waals surface area (Å²) in [4.78, 5) is 21.8. The molecule has 1 unspecified atom stereocenters. The van der Waals surface area contributed by atoms with Crippen LogP contribution < -0.4 is 10.6 Å². The van der Waals surface area contributed by atoms with Gasteiger partial charge in [0.2, 0.25) is 11.8 Å². The van der Waals surface area contributed by atoms with Gasteiger partial charge in [0.15, 0.2) is 0 Å². The van der Waals surface area contributed by atoms with Crippen molar-refractivity contribution in [1.82, 2.24) is 10.6 Å². The fraction of sp³-hybridized carbons (Fsp3) is 0.750. The lowest BCUT2D eigenvalue weighted by Crippen LogP contribution is -2.38. The van der Waals surface area contributed by atoms with Gasteiger partial charge in [-0.25, -0.2) is 0 Å². The molecule has 0 aliphatic carbocycles. The van der Waals surface area contributed by atoms with Crippen LogP contribution in [0.2, 0.25) is 0 Å². The van der Waals surface area contributed by atoms with Gasteiger partial charge in [-0.2, -0.15) is 0 Å². The van der Waals surface area contributed by atoms with Crippen LogP contribution in [0.25, 0.3) is 0 Å². The summed E-state index contributed by atoms with van der Waals surface area (Å²) < 4.78 is 0. The van der Waals surface area contributed by atoms with E-state index < -0.39 is 0 Å². The van der Waals surface area contributed by atoms with Gasteiger partial charge in [-0.3, -0.25) is 9.59 Å². The summed E-state index contributed by atoms with van der Waals surface area (Å²) in [6.07, 6.45) is 1.90. The maximum Gasteiger partial charge on any atom is 0.220 e. The largest absolute Gasteiger partial charge is 0.354 e. The molecule has 0 aromatic rings. The normalized spacial score (nSPS) is 21.3. The second-order valence-electron chi connectivity index (χ2n) is 3.05. The molecule has 4 nitrogen and oxygen atoms in total. The molecule has 0 aromatic heterocycles. The number of carbonyl (C=O) groups excluding carboxylic acids is 2. The Morgan fingerprint density at radius 1 is 1.69 bits per heavy atom. The smallest absolute Gasteiger partial charge is 0.220 e. The van der Waals surface area contributed by atoms with Gasteiger partial charge >= 0.3 is 0 Å². The Balaban J connectivity index is 2.12. The van der Waals surface area contributed by atoms with Crippen LogP contribution in [-0.4, -0.2) is 29.7 Å². The van der Waals surface area contributed by atoms with E-state index in [-0.39, 0.29) is 17.9 Å². The molecule has 5 heteroatoms. The van der Waals surface area contributed by atoms with Gasteiger partial charge in [0.1, 0.15) is 0 Å². The summed E-state index contributed by atoms with van der Waals surface area (Å²) in [5, 5.41) is 6.22. The minimum atomic E-state index is 0.0259. The van der Waals surface area contributed by atoms with E-state index in [0.717, 1.165) is 6.42 Å². The molecule has 1 heterocycles. The molecule has 0 bridgehead atoms. The zero-order valence-corrected chi connectivity index (χ0v) is 8.89. The number of hydrogen-bond donors (Lipinski definition) is 2. The standard InChI is InChI=1S/C8H13BrN2O2/c9-4-3-7(12)10-5-6-1-2-8(13)11-6/h6H,1-5H2,(H,10,12)(H,11,13). The molecule has 2 amide bonds. The molecule has 0 spiro atoms. The monoisotopic (exact) mass is 248 g/mol. The molecule has 1 saturated heterocycles. The third-order valence-corrected chi connectivity index (χ3v) is 2.35. The average molecular weight is 249 g/mol. The summed E-state index contributed by atoms with van der Waals surface area (Å²) in [5.74, 6) is 0.109. The van der Waals surface area contributed by atoms with Crippen molar-refractivity contribution >= 4 is 27.7 Å². The zero-order chi connectivity index (χ0) is 9.68. The van der Waals surface area contributed by atoms with E-state index in [9.17, 15) is 9.59 Å². The number of amides is 2. The molecule has 1 aliphatic rings. The van der Waals surface area contributed by atoms with Crippen LogP contribution in [0.4, 0.5) is 0 Å². The third-order valence-electron chi connectivity index (χ3n) is 1.95. The van der Waals surface area contributed by atoms with E-state index in [1.807, 2.05) is 0 Å². The van der Waals surface area contributed by atoms with Crippen molar-refractivity contribution < 1.29 is 9.59 Å². The molecule has 2 N–H and O–H groups in total. The first kappa shape index (κ1) is 10.5. The summed E-state index contributed by atoms with van der Waals surface area (Å²) in [7, 11) is 0. The second-order valence-corrected chi connectivity index (χ2v) is 3.84. The lowest BCUT2D eigenvalue weighted by atomic mass is 10.2. The van der Waals surface area contributed by atoms with Crippen molar-refractivity contribution in [3.8, 4) is 0 Å². The summed E-state index contributed by atoms with van der Waals surface area (Å²) >= 11 is 3.18. The molecule has 1 fully saturated rings. The Labute approximate surface area is 85.6 Å². The van der Waals surface area contributed by atoms with Gasteiger partial charge in [0, 0.05) is 30.8 Å². The highest BCUT2D eigenvalue weighted by molar-refractivity contribution is 9.09. The summed E-state index contributed by atoms with van der Waals surface area (Å²) in [5.41, 5.74) is 0. The van der Waals surface area contributed by atoms with Crippen molar-refractivity contribution in [2.75, 3.05) is 11.9 Å². The van der Waals surface area contributed by atoms with E-state index in [1.165, 1.54) is 0 Å². The third kappa shape index (κ3) is 3.76. The quantitative estimate of drug-likeness (QED) is 0.697. The Morgan fingerprint density at radius 2 is 2.46 bits per heavy atom. The molecule has 0 aromatic carbocycles. The minimum absolute atomic E-state index is 0.0259. The number of rotatable bonds is 4. The van der Waals surface area contributed by atoms with Gasteiger partial charge in [0.25, 0.3) is 0 Å². The van der Waals surface area contributed by atoms with Crippen LogP contribution in [0.15, 0.2) is 0 Å². The molecule has 0 saturated carbocycles. The lowest BCUT2D eigenvalue weighted by Gasteiger charge is -2.10. The number of nitrogens with one attached hydrogen (secondary N) is 2. The van der Waals surface area contributed by atoms with Crippen molar-refractivity contribution in [2.24, 2.45) is 0 Å². The van der Waals surface area contributed by atoms with Gasteiger partial charge in [-0.05, 0) is 6.42 Å². The Morgan fingerprint density at radius 3 is 3.00 bits per heavy atom. The van der Waals surface area contributed by atoms with Gasteiger partial charge in [-0.15, -0.1) is 0 Å². The van der Waals surface area contributed by atoms with E-state index in [1.54, 1.807) is 0 Å². The van der Waals surface area contributed by atoms with Crippen LogP contribution in [-0.2, 0) is 9.59 Å². The Bertz CT molecular complexity index is 208. The average Bonchev–Trinajstić information content (AvgIpc) is 2.49. The molecule has 1 rings (SSSR count). The Hall–Kier alpha value is -0.580. The Kier molecular flexibility index (Phi) is 4.21. The van der Waals surface area contributed by atoms with Crippen LogP contribution in [0.5, 0.6) is 0 Å². The topological polar surface area (TPSA) is 58.2 Å². The molecular formula is C8H13BrN2O2. The van der Waals surface area contributed by atoms with Gasteiger partial charge in [0.05, 0.1) is 0 Å². The first-order valence-electron chi connectivity index (χ1n) is 4.34. The molecule has 1 aliphatic heterocycles. The van der Waals surface area contributed by atoms with Crippen LogP contribution in [0.3, 0.4) is 0 Å². The number of carbonyl (C=O) groups is 2. The lowest BCUT2D eigenvalue weighted by molar-refractivity contribution is -0.121. The number of hydrogen-bond acceptors (Lipinski definition) is 2. The highest BCUT2D eigenvalue weighted by atomic mass is 79.9. The first-order chi connectivity index (χ1) is 6.22. The van der Waals surface area contributed by atoms with E-state index in [2.05, 4.69) is 26.6 Å². The molecule has 0 radical (unpaired) electrons. The van der Waals surface area contributed by atoms with Crippen molar-refractivity contribution in [2.45, 2.75) is 25.3 Å². The SMILES string of the molecule is O=C(CCBr)NCC1CCC(=O)N1. The van der Waals surface area contributed by atoms with Crippen molar-refractivity contribution in [3.05, 3.63) is 0 Å². The number of halogens is 1. The summed E-state index contributed by atoms with van der Waals surface area (Å²) in [6.45, 7) is 0.553. The highest BCUT2D eigenvalue weighted by Gasteiger charge is 2.20. The van der Waals surface area contributed by atoms with Gasteiger partial charge in [-0.1, -0.05) is 15.9 Å². The summed E-state index contributed by atoms with van der Waals surface area (Å²) in [6, 6.07) is 0.131. The van der Waals surface area contributed by atoms with Crippen molar-refractivity contribution in [1.29, 1.82) is 0 Å². The maximum absolute atomic E-state index is 11.0. The predicted molar refractivity (Wildman–Crippen MR) is 52.6 cm³/mol. The van der Waals surface area contributed by atoms with E-state index in [4.69, 9.17) is 0 Å². The molecule has 1 atom stereocenters. The van der Waals surface area contributed by atoms with Gasteiger partial charge < -0.3 is 10.6 Å². The first-order valence-corrected chi connectivity index (χ1v) is 5.46. The number of alkyl halides is 1. The second kappa shape index (κ2) is 5.21. The minimum Gasteiger partial charge on any atom is -0.354 e. The van der Waals surface area contributed by atoms with Crippen molar-refractivity contribution in [3.63, 3.8) is 0 Å². The van der Waals surface area contributed by atoms with Crippen LogP contribution in [0.1, 0.15) is 19.3 Å². The van der Waals surface area contributed by atoms with Crippen LogP contribution >= 0.6 is 15.9 Å². The highest BCUT2D eigenvalue weighted by Crippen LogP contribution is 2.04. The van der Waals surface area contributed by atoms with E-state index >= 15 is 0 Å². The predicted octanol–water partition coefficient (Wildman–Crippen LogP) is 0.166. The fourth-order valence-corrected chi connectivity index (χ4v) is 1.60. The van der Waals surface area contributed by atoms with Crippen LogP contribution in [0, 0.1) is 0 Å². The molecule has 13 heavy (non-hydrogen) atoms. The molecular weight excluding hydrogens is 236 g/mol.